The zero-order chi connectivity index (χ0) is 14.8. The molecule has 2 N–H and O–H groups in total. The van der Waals surface area contributed by atoms with E-state index in [2.05, 4.69) is 36.0 Å². The van der Waals surface area contributed by atoms with E-state index in [0.29, 0.717) is 12.1 Å². The zero-order valence-corrected chi connectivity index (χ0v) is 12.1. The number of nitrogens with one attached hydrogen (secondary N) is 1. The van der Waals surface area contributed by atoms with Crippen molar-refractivity contribution in [3.05, 3.63) is 29.6 Å². The number of nitrogens with zero attached hydrogens (tertiary/aromatic N) is 1. The molecular weight excluding hydrogens is 252 g/mol. The summed E-state index contributed by atoms with van der Waals surface area (Å²) < 4.78 is 0. The highest BCUT2D eigenvalue weighted by Crippen LogP contribution is 2.04. The molecule has 0 saturated heterocycles. The van der Waals surface area contributed by atoms with Crippen LogP contribution in [-0.2, 0) is 0 Å². The number of hydrogen-bond acceptors (Lipinski definition) is 3. The van der Waals surface area contributed by atoms with Gasteiger partial charge >= 0.3 is 0 Å². The fourth-order valence-electron chi connectivity index (χ4n) is 1.81. The van der Waals surface area contributed by atoms with Crippen molar-refractivity contribution >= 4 is 5.91 Å². The highest BCUT2D eigenvalue weighted by molar-refractivity contribution is 5.92. The van der Waals surface area contributed by atoms with Gasteiger partial charge in [0.2, 0.25) is 0 Å². The quantitative estimate of drug-likeness (QED) is 0.781. The Kier molecular flexibility index (Phi) is 7.38. The molecule has 0 radical (unpaired) electrons. The maximum atomic E-state index is 12.0. The number of hydrogen-bond donors (Lipinski definition) is 2. The summed E-state index contributed by atoms with van der Waals surface area (Å²) in [6, 6.07) is 3.66. The first-order chi connectivity index (χ1) is 9.71. The Hall–Kier alpha value is -1.86. The number of carbonyl (C=O) groups is 1. The van der Waals surface area contributed by atoms with E-state index in [0.717, 1.165) is 24.8 Å². The lowest BCUT2D eigenvalue weighted by atomic mass is 10.1. The minimum absolute atomic E-state index is 0.0523. The van der Waals surface area contributed by atoms with Crippen LogP contribution in [0.2, 0.25) is 0 Å². The van der Waals surface area contributed by atoms with Gasteiger partial charge in [0, 0.05) is 24.2 Å². The Bertz CT molecular complexity index is 471. The van der Waals surface area contributed by atoms with Crippen molar-refractivity contribution in [2.75, 3.05) is 6.61 Å². The molecule has 1 aromatic rings. The third-order valence-corrected chi connectivity index (χ3v) is 2.93. The fraction of sp³-hybridized carbons (Fsp3) is 0.500. The summed E-state index contributed by atoms with van der Waals surface area (Å²) in [4.78, 5) is 16.1. The van der Waals surface area contributed by atoms with Crippen LogP contribution >= 0.6 is 0 Å². The fourth-order valence-corrected chi connectivity index (χ4v) is 1.81. The molecule has 1 unspecified atom stereocenters. The van der Waals surface area contributed by atoms with Gasteiger partial charge in [-0.1, -0.05) is 32.1 Å². The Morgan fingerprint density at radius 1 is 1.45 bits per heavy atom. The second-order valence-corrected chi connectivity index (χ2v) is 4.57. The Labute approximate surface area is 120 Å². The summed E-state index contributed by atoms with van der Waals surface area (Å²) in [5, 5.41) is 11.6. The lowest BCUT2D eigenvalue weighted by molar-refractivity contribution is 0.0928. The largest absolute Gasteiger partial charge is 0.395 e. The third-order valence-electron chi connectivity index (χ3n) is 2.93. The molecule has 108 valence electrons. The smallest absolute Gasteiger partial charge is 0.270 e. The van der Waals surface area contributed by atoms with Crippen molar-refractivity contribution in [3.8, 4) is 11.8 Å². The van der Waals surface area contributed by atoms with Gasteiger partial charge in [0.25, 0.3) is 5.91 Å². The van der Waals surface area contributed by atoms with Crippen molar-refractivity contribution in [2.24, 2.45) is 0 Å². The maximum absolute atomic E-state index is 12.0. The number of carbonyl (C=O) groups excluding carboxylic acids is 1. The van der Waals surface area contributed by atoms with Crippen LogP contribution in [0.1, 0.15) is 55.6 Å². The summed E-state index contributed by atoms with van der Waals surface area (Å²) in [5.41, 5.74) is 1.16. The average Bonchev–Trinajstić information content (AvgIpc) is 2.47. The normalized spacial score (nSPS) is 11.3. The van der Waals surface area contributed by atoms with Crippen LogP contribution in [-0.4, -0.2) is 28.6 Å². The van der Waals surface area contributed by atoms with Gasteiger partial charge in [0.1, 0.15) is 5.69 Å². The Morgan fingerprint density at radius 3 is 2.80 bits per heavy atom. The van der Waals surface area contributed by atoms with E-state index in [4.69, 9.17) is 5.11 Å². The third kappa shape index (κ3) is 5.41. The van der Waals surface area contributed by atoms with E-state index in [1.807, 2.05) is 0 Å². The molecule has 0 aliphatic heterocycles. The molecule has 1 amide bonds. The molecule has 0 saturated carbocycles. The predicted octanol–water partition coefficient (Wildman–Crippen LogP) is 2.12. The van der Waals surface area contributed by atoms with Crippen molar-refractivity contribution in [3.63, 3.8) is 0 Å². The SMILES string of the molecule is CCCC(CC)NC(=O)c1ccc(C#CCCO)cn1. The van der Waals surface area contributed by atoms with Crippen LogP contribution in [0.25, 0.3) is 0 Å². The second kappa shape index (κ2) is 9.11. The molecule has 0 spiro atoms. The van der Waals surface area contributed by atoms with Gasteiger partial charge in [-0.2, -0.15) is 0 Å². The maximum Gasteiger partial charge on any atom is 0.270 e. The van der Waals surface area contributed by atoms with Crippen LogP contribution in [0.15, 0.2) is 18.3 Å². The molecular formula is C16H22N2O2. The van der Waals surface area contributed by atoms with Crippen LogP contribution in [0.4, 0.5) is 0 Å². The molecule has 0 bridgehead atoms. The van der Waals surface area contributed by atoms with E-state index < -0.39 is 0 Å². The van der Waals surface area contributed by atoms with Crippen molar-refractivity contribution in [1.29, 1.82) is 0 Å². The van der Waals surface area contributed by atoms with Gasteiger partial charge in [-0.05, 0) is 25.0 Å². The van der Waals surface area contributed by atoms with Gasteiger partial charge in [-0.3, -0.25) is 4.79 Å². The number of aliphatic hydroxyl groups is 1. The van der Waals surface area contributed by atoms with Crippen LogP contribution < -0.4 is 5.32 Å². The molecule has 1 atom stereocenters. The first-order valence-corrected chi connectivity index (χ1v) is 7.07. The highest BCUT2D eigenvalue weighted by Gasteiger charge is 2.12. The lowest BCUT2D eigenvalue weighted by Gasteiger charge is -2.15. The molecule has 20 heavy (non-hydrogen) atoms. The number of aromatic nitrogens is 1. The van der Waals surface area contributed by atoms with Gasteiger partial charge in [0.15, 0.2) is 0 Å². The van der Waals surface area contributed by atoms with E-state index >= 15 is 0 Å². The molecule has 4 heteroatoms. The van der Waals surface area contributed by atoms with Gasteiger partial charge in [-0.15, -0.1) is 0 Å². The van der Waals surface area contributed by atoms with Crippen LogP contribution in [0, 0.1) is 11.8 Å². The molecule has 1 heterocycles. The van der Waals surface area contributed by atoms with Crippen molar-refractivity contribution < 1.29 is 9.90 Å². The van der Waals surface area contributed by atoms with Crippen LogP contribution in [0.3, 0.4) is 0 Å². The number of pyridine rings is 1. The van der Waals surface area contributed by atoms with E-state index in [9.17, 15) is 4.79 Å². The first kappa shape index (κ1) is 16.2. The standard InChI is InChI=1S/C16H22N2O2/c1-3-7-14(4-2)18-16(20)15-10-9-13(12-17-15)8-5-6-11-19/h9-10,12,14,19H,3-4,6-7,11H2,1-2H3,(H,18,20). The van der Waals surface area contributed by atoms with Gasteiger partial charge in [-0.25, -0.2) is 4.98 Å². The molecule has 0 aromatic carbocycles. The minimum atomic E-state index is -0.139. The monoisotopic (exact) mass is 274 g/mol. The summed E-state index contributed by atoms with van der Waals surface area (Å²) in [6.45, 7) is 4.22. The van der Waals surface area contributed by atoms with Gasteiger partial charge < -0.3 is 10.4 Å². The molecule has 0 fully saturated rings. The zero-order valence-electron chi connectivity index (χ0n) is 12.1. The topological polar surface area (TPSA) is 62.2 Å². The van der Waals surface area contributed by atoms with Crippen molar-refractivity contribution in [2.45, 2.75) is 45.6 Å². The van der Waals surface area contributed by atoms with E-state index in [-0.39, 0.29) is 18.6 Å². The molecule has 0 aliphatic rings. The van der Waals surface area contributed by atoms with Crippen LogP contribution in [0.5, 0.6) is 0 Å². The highest BCUT2D eigenvalue weighted by atomic mass is 16.2. The average molecular weight is 274 g/mol. The second-order valence-electron chi connectivity index (χ2n) is 4.57. The van der Waals surface area contributed by atoms with Crippen molar-refractivity contribution in [1.82, 2.24) is 10.3 Å². The molecule has 1 aromatic heterocycles. The number of rotatable bonds is 6. The summed E-state index contributed by atoms with van der Waals surface area (Å²) in [6.07, 6.45) is 4.97. The summed E-state index contributed by atoms with van der Waals surface area (Å²) in [5.74, 6) is 5.56. The van der Waals surface area contributed by atoms with E-state index in [1.165, 1.54) is 0 Å². The minimum Gasteiger partial charge on any atom is -0.395 e. The Morgan fingerprint density at radius 2 is 2.25 bits per heavy atom. The van der Waals surface area contributed by atoms with E-state index in [1.54, 1.807) is 18.3 Å². The first-order valence-electron chi connectivity index (χ1n) is 7.07. The number of amides is 1. The summed E-state index contributed by atoms with van der Waals surface area (Å²) in [7, 11) is 0. The lowest BCUT2D eigenvalue weighted by Crippen LogP contribution is -2.34. The predicted molar refractivity (Wildman–Crippen MR) is 79.3 cm³/mol. The number of aliphatic hydroxyl groups excluding tert-OH is 1. The Balaban J connectivity index is 2.64. The molecule has 4 nitrogen and oxygen atoms in total. The van der Waals surface area contributed by atoms with Gasteiger partial charge in [0.05, 0.1) is 6.61 Å². The molecule has 0 aliphatic carbocycles. The summed E-state index contributed by atoms with van der Waals surface area (Å²) >= 11 is 0. The molecule has 1 rings (SSSR count).